The fourth-order valence-electron chi connectivity index (χ4n) is 1.42. The number of rotatable bonds is 5. The van der Waals surface area contributed by atoms with Crippen LogP contribution in [0.25, 0.3) is 0 Å². The van der Waals surface area contributed by atoms with Gasteiger partial charge in [-0.2, -0.15) is 0 Å². The number of para-hydroxylation sites is 2. The number of carbonyl (C=O) groups is 1. The van der Waals surface area contributed by atoms with Crippen LogP contribution in [0, 0.1) is 0 Å². The first-order chi connectivity index (χ1) is 9.69. The van der Waals surface area contributed by atoms with E-state index < -0.39 is 0 Å². The summed E-state index contributed by atoms with van der Waals surface area (Å²) < 4.78 is 11.2. The van der Waals surface area contributed by atoms with Crippen molar-refractivity contribution >= 4 is 27.8 Å². The Kier molecular flexibility index (Phi) is 4.89. The molecule has 104 valence electrons. The van der Waals surface area contributed by atoms with Crippen LogP contribution < -0.4 is 14.8 Å². The molecular formula is C13H12BrN3O3. The van der Waals surface area contributed by atoms with Crippen molar-refractivity contribution in [2.75, 3.05) is 19.0 Å². The minimum Gasteiger partial charge on any atom is -0.493 e. The molecule has 1 aromatic carbocycles. The Morgan fingerprint density at radius 2 is 1.90 bits per heavy atom. The van der Waals surface area contributed by atoms with E-state index in [1.165, 1.54) is 7.11 Å². The maximum Gasteiger partial charge on any atom is 0.264 e. The van der Waals surface area contributed by atoms with Gasteiger partial charge in [0.1, 0.15) is 0 Å². The fraction of sp³-hybridized carbons (Fsp3) is 0.154. The Balaban J connectivity index is 1.90. The maximum absolute atomic E-state index is 11.7. The lowest BCUT2D eigenvalue weighted by Crippen LogP contribution is -2.21. The molecule has 1 amide bonds. The SMILES string of the molecule is COc1ccccc1OCC(=O)Nc1ncc(Br)cn1. The van der Waals surface area contributed by atoms with E-state index in [1.807, 2.05) is 6.07 Å². The minimum atomic E-state index is -0.349. The first-order valence-corrected chi connectivity index (χ1v) is 6.51. The number of ether oxygens (including phenoxy) is 2. The monoisotopic (exact) mass is 337 g/mol. The van der Waals surface area contributed by atoms with Crippen molar-refractivity contribution in [2.24, 2.45) is 0 Å². The zero-order chi connectivity index (χ0) is 14.4. The second-order valence-corrected chi connectivity index (χ2v) is 4.63. The molecule has 0 aliphatic rings. The van der Waals surface area contributed by atoms with Gasteiger partial charge in [-0.3, -0.25) is 10.1 Å². The third kappa shape index (κ3) is 3.92. The summed E-state index contributed by atoms with van der Waals surface area (Å²) in [6.45, 7) is -0.153. The molecule has 0 saturated carbocycles. The van der Waals surface area contributed by atoms with Crippen molar-refractivity contribution in [1.82, 2.24) is 9.97 Å². The molecule has 20 heavy (non-hydrogen) atoms. The molecule has 0 unspecified atom stereocenters. The van der Waals surface area contributed by atoms with Gasteiger partial charge in [0.15, 0.2) is 18.1 Å². The molecule has 0 radical (unpaired) electrons. The highest BCUT2D eigenvalue weighted by atomic mass is 79.9. The second-order valence-electron chi connectivity index (χ2n) is 3.71. The van der Waals surface area contributed by atoms with E-state index in [-0.39, 0.29) is 18.5 Å². The molecule has 0 fully saturated rings. The van der Waals surface area contributed by atoms with Crippen molar-refractivity contribution in [3.8, 4) is 11.5 Å². The average Bonchev–Trinajstić information content (AvgIpc) is 2.48. The Hall–Kier alpha value is -2.15. The Bertz CT molecular complexity index is 590. The molecule has 0 aliphatic carbocycles. The van der Waals surface area contributed by atoms with Gasteiger partial charge in [-0.15, -0.1) is 0 Å². The zero-order valence-corrected chi connectivity index (χ0v) is 12.3. The van der Waals surface area contributed by atoms with Crippen LogP contribution in [-0.4, -0.2) is 29.6 Å². The predicted octanol–water partition coefficient (Wildman–Crippen LogP) is 2.27. The van der Waals surface area contributed by atoms with E-state index in [9.17, 15) is 4.79 Å². The lowest BCUT2D eigenvalue weighted by atomic mass is 10.3. The molecule has 0 saturated heterocycles. The van der Waals surface area contributed by atoms with Gasteiger partial charge in [-0.05, 0) is 28.1 Å². The predicted molar refractivity (Wildman–Crippen MR) is 76.9 cm³/mol. The average molecular weight is 338 g/mol. The summed E-state index contributed by atoms with van der Waals surface area (Å²) in [7, 11) is 1.54. The standard InChI is InChI=1S/C13H12BrN3O3/c1-19-10-4-2-3-5-11(10)20-8-12(18)17-13-15-6-9(14)7-16-13/h2-7H,8H2,1H3,(H,15,16,17,18). The molecule has 0 atom stereocenters. The van der Waals surface area contributed by atoms with Crippen molar-refractivity contribution < 1.29 is 14.3 Å². The highest BCUT2D eigenvalue weighted by Gasteiger charge is 2.08. The molecule has 6 nitrogen and oxygen atoms in total. The van der Waals surface area contributed by atoms with Gasteiger partial charge in [-0.25, -0.2) is 9.97 Å². The number of anilines is 1. The number of methoxy groups -OCH3 is 1. The van der Waals surface area contributed by atoms with Gasteiger partial charge in [0.25, 0.3) is 5.91 Å². The van der Waals surface area contributed by atoms with E-state index in [1.54, 1.807) is 30.6 Å². The van der Waals surface area contributed by atoms with Crippen LogP contribution in [0.4, 0.5) is 5.95 Å². The molecule has 2 rings (SSSR count). The smallest absolute Gasteiger partial charge is 0.264 e. The van der Waals surface area contributed by atoms with Crippen LogP contribution >= 0.6 is 15.9 Å². The molecule has 1 heterocycles. The Labute approximate surface area is 124 Å². The zero-order valence-electron chi connectivity index (χ0n) is 10.7. The van der Waals surface area contributed by atoms with Gasteiger partial charge in [0.05, 0.1) is 11.6 Å². The fourth-order valence-corrected chi connectivity index (χ4v) is 1.62. The molecule has 2 aromatic rings. The summed E-state index contributed by atoms with van der Waals surface area (Å²) in [6.07, 6.45) is 3.09. The van der Waals surface area contributed by atoms with E-state index in [0.29, 0.717) is 11.5 Å². The van der Waals surface area contributed by atoms with Crippen molar-refractivity contribution in [3.05, 3.63) is 41.1 Å². The molecule has 0 spiro atoms. The molecular weight excluding hydrogens is 326 g/mol. The molecule has 1 aromatic heterocycles. The largest absolute Gasteiger partial charge is 0.493 e. The Morgan fingerprint density at radius 3 is 2.55 bits per heavy atom. The minimum absolute atomic E-state index is 0.153. The summed E-state index contributed by atoms with van der Waals surface area (Å²) in [4.78, 5) is 19.6. The van der Waals surface area contributed by atoms with Crippen LogP contribution in [0.1, 0.15) is 0 Å². The molecule has 0 aliphatic heterocycles. The summed E-state index contributed by atoms with van der Waals surface area (Å²) in [6, 6.07) is 7.10. The van der Waals surface area contributed by atoms with Gasteiger partial charge < -0.3 is 9.47 Å². The van der Waals surface area contributed by atoms with Gasteiger partial charge in [-0.1, -0.05) is 12.1 Å². The second kappa shape index (κ2) is 6.85. The van der Waals surface area contributed by atoms with Gasteiger partial charge in [0, 0.05) is 12.4 Å². The van der Waals surface area contributed by atoms with E-state index in [2.05, 4.69) is 31.2 Å². The van der Waals surface area contributed by atoms with Crippen molar-refractivity contribution in [1.29, 1.82) is 0 Å². The highest BCUT2D eigenvalue weighted by Crippen LogP contribution is 2.25. The normalized spacial score (nSPS) is 9.90. The molecule has 1 N–H and O–H groups in total. The van der Waals surface area contributed by atoms with Gasteiger partial charge >= 0.3 is 0 Å². The van der Waals surface area contributed by atoms with Crippen LogP contribution in [0.5, 0.6) is 11.5 Å². The topological polar surface area (TPSA) is 73.3 Å². The number of hydrogen-bond donors (Lipinski definition) is 1. The number of amides is 1. The van der Waals surface area contributed by atoms with Crippen molar-refractivity contribution in [2.45, 2.75) is 0 Å². The third-order valence-corrected chi connectivity index (χ3v) is 2.71. The van der Waals surface area contributed by atoms with Gasteiger partial charge in [0.2, 0.25) is 5.95 Å². The number of carbonyl (C=O) groups excluding carboxylic acids is 1. The van der Waals surface area contributed by atoms with Crippen LogP contribution in [0.15, 0.2) is 41.1 Å². The number of nitrogens with zero attached hydrogens (tertiary/aromatic N) is 2. The first kappa shape index (κ1) is 14.3. The quantitative estimate of drug-likeness (QED) is 0.905. The van der Waals surface area contributed by atoms with Crippen LogP contribution in [0.3, 0.4) is 0 Å². The number of aromatic nitrogens is 2. The summed E-state index contributed by atoms with van der Waals surface area (Å²) in [5.74, 6) is 0.946. The number of benzene rings is 1. The van der Waals surface area contributed by atoms with E-state index >= 15 is 0 Å². The number of nitrogens with one attached hydrogen (secondary N) is 1. The van der Waals surface area contributed by atoms with Crippen LogP contribution in [0.2, 0.25) is 0 Å². The lowest BCUT2D eigenvalue weighted by Gasteiger charge is -2.09. The molecule has 7 heteroatoms. The summed E-state index contributed by atoms with van der Waals surface area (Å²) >= 11 is 3.21. The third-order valence-electron chi connectivity index (χ3n) is 2.30. The van der Waals surface area contributed by atoms with Crippen molar-refractivity contribution in [3.63, 3.8) is 0 Å². The van der Waals surface area contributed by atoms with E-state index in [0.717, 1.165) is 4.47 Å². The number of hydrogen-bond acceptors (Lipinski definition) is 5. The summed E-state index contributed by atoms with van der Waals surface area (Å²) in [5, 5.41) is 2.53. The number of halogens is 1. The molecule has 0 bridgehead atoms. The Morgan fingerprint density at radius 1 is 1.25 bits per heavy atom. The first-order valence-electron chi connectivity index (χ1n) is 5.72. The lowest BCUT2D eigenvalue weighted by molar-refractivity contribution is -0.118. The summed E-state index contributed by atoms with van der Waals surface area (Å²) in [5.41, 5.74) is 0. The maximum atomic E-state index is 11.7. The highest BCUT2D eigenvalue weighted by molar-refractivity contribution is 9.10. The van der Waals surface area contributed by atoms with Crippen LogP contribution in [-0.2, 0) is 4.79 Å². The van der Waals surface area contributed by atoms with E-state index in [4.69, 9.17) is 9.47 Å².